The van der Waals surface area contributed by atoms with E-state index in [0.29, 0.717) is 13.1 Å². The lowest BCUT2D eigenvalue weighted by atomic mass is 10.1. The number of rotatable bonds is 7. The number of nitrogens with zero attached hydrogens (tertiary/aromatic N) is 3. The minimum absolute atomic E-state index is 0.0430. The third kappa shape index (κ3) is 4.56. The number of hydrogen-bond acceptors (Lipinski definition) is 4. The Hall–Kier alpha value is -1.89. The highest BCUT2D eigenvalue weighted by molar-refractivity contribution is 5.88. The van der Waals surface area contributed by atoms with Crippen LogP contribution in [-0.2, 0) is 23.1 Å². The molecule has 1 atom stereocenters. The molecule has 22 heavy (non-hydrogen) atoms. The van der Waals surface area contributed by atoms with Crippen LogP contribution in [0.1, 0.15) is 25.3 Å². The van der Waals surface area contributed by atoms with Gasteiger partial charge >= 0.3 is 0 Å². The molecule has 0 saturated carbocycles. The standard InChI is InChI=1S/C15H25N5O2/c1-3-20-8-7-17-15(22)13(20)9-14(21)16-6-4-5-12-10-18-19(2)11-12/h10-11,13H,3-9H2,1-2H3,(H,16,21)(H,17,22)/t13-/m1/s1. The predicted molar refractivity (Wildman–Crippen MR) is 83.2 cm³/mol. The molecular weight excluding hydrogens is 282 g/mol. The van der Waals surface area contributed by atoms with Gasteiger partial charge in [-0.1, -0.05) is 6.92 Å². The first-order valence-electron chi connectivity index (χ1n) is 7.86. The average molecular weight is 307 g/mol. The molecule has 2 amide bonds. The molecule has 1 aromatic heterocycles. The van der Waals surface area contributed by atoms with Crippen molar-refractivity contribution in [2.75, 3.05) is 26.2 Å². The predicted octanol–water partition coefficient (Wildman–Crippen LogP) is -0.321. The van der Waals surface area contributed by atoms with E-state index >= 15 is 0 Å². The second-order valence-electron chi connectivity index (χ2n) is 5.62. The SMILES string of the molecule is CCN1CCNC(=O)[C@H]1CC(=O)NCCCc1cnn(C)c1. The number of carbonyl (C=O) groups excluding carboxylic acids is 2. The van der Waals surface area contributed by atoms with Crippen molar-refractivity contribution >= 4 is 11.8 Å². The molecule has 1 aliphatic rings. The molecule has 7 heteroatoms. The Morgan fingerprint density at radius 3 is 3.05 bits per heavy atom. The molecule has 0 bridgehead atoms. The van der Waals surface area contributed by atoms with Gasteiger partial charge in [-0.3, -0.25) is 19.2 Å². The quantitative estimate of drug-likeness (QED) is 0.677. The summed E-state index contributed by atoms with van der Waals surface area (Å²) in [4.78, 5) is 25.9. The number of aryl methyl sites for hydroxylation is 2. The van der Waals surface area contributed by atoms with Crippen LogP contribution in [0.15, 0.2) is 12.4 Å². The van der Waals surface area contributed by atoms with Gasteiger partial charge in [-0.2, -0.15) is 5.10 Å². The fourth-order valence-corrected chi connectivity index (χ4v) is 2.73. The minimum Gasteiger partial charge on any atom is -0.356 e. The van der Waals surface area contributed by atoms with Crippen LogP contribution in [0, 0.1) is 0 Å². The first kappa shape index (κ1) is 16.5. The maximum Gasteiger partial charge on any atom is 0.237 e. The van der Waals surface area contributed by atoms with Crippen molar-refractivity contribution in [2.45, 2.75) is 32.2 Å². The Morgan fingerprint density at radius 2 is 2.36 bits per heavy atom. The molecule has 0 spiro atoms. The molecule has 7 nitrogen and oxygen atoms in total. The van der Waals surface area contributed by atoms with Crippen molar-refractivity contribution in [1.82, 2.24) is 25.3 Å². The van der Waals surface area contributed by atoms with Gasteiger partial charge < -0.3 is 10.6 Å². The van der Waals surface area contributed by atoms with Gasteiger partial charge in [0, 0.05) is 32.9 Å². The zero-order valence-electron chi connectivity index (χ0n) is 13.3. The molecule has 1 fully saturated rings. The molecule has 2 rings (SSSR count). The lowest BCUT2D eigenvalue weighted by molar-refractivity contribution is -0.133. The lowest BCUT2D eigenvalue weighted by Gasteiger charge is -2.33. The molecular formula is C15H25N5O2. The number of hydrogen-bond donors (Lipinski definition) is 2. The van der Waals surface area contributed by atoms with Crippen LogP contribution in [0.2, 0.25) is 0 Å². The fraction of sp³-hybridized carbons (Fsp3) is 0.667. The summed E-state index contributed by atoms with van der Waals surface area (Å²) >= 11 is 0. The summed E-state index contributed by atoms with van der Waals surface area (Å²) in [6.07, 6.45) is 5.80. The van der Waals surface area contributed by atoms with E-state index in [1.165, 1.54) is 5.56 Å². The van der Waals surface area contributed by atoms with Crippen LogP contribution >= 0.6 is 0 Å². The molecule has 2 N–H and O–H groups in total. The van der Waals surface area contributed by atoms with E-state index in [9.17, 15) is 9.59 Å². The van der Waals surface area contributed by atoms with E-state index in [1.807, 2.05) is 31.3 Å². The van der Waals surface area contributed by atoms with Crippen molar-refractivity contribution in [2.24, 2.45) is 7.05 Å². The monoisotopic (exact) mass is 307 g/mol. The number of nitrogens with one attached hydrogen (secondary N) is 2. The van der Waals surface area contributed by atoms with Gasteiger partial charge in [-0.25, -0.2) is 0 Å². The first-order valence-corrected chi connectivity index (χ1v) is 7.86. The van der Waals surface area contributed by atoms with Gasteiger partial charge in [0.15, 0.2) is 0 Å². The fourth-order valence-electron chi connectivity index (χ4n) is 2.73. The van der Waals surface area contributed by atoms with Crippen LogP contribution in [0.4, 0.5) is 0 Å². The largest absolute Gasteiger partial charge is 0.356 e. The molecule has 0 aliphatic carbocycles. The molecule has 0 aromatic carbocycles. The van der Waals surface area contributed by atoms with E-state index in [2.05, 4.69) is 15.7 Å². The third-order valence-corrected chi connectivity index (χ3v) is 3.95. The summed E-state index contributed by atoms with van der Waals surface area (Å²) in [6.45, 7) is 4.88. The Kier molecular flexibility index (Phi) is 5.94. The zero-order chi connectivity index (χ0) is 15.9. The number of aromatic nitrogens is 2. The van der Waals surface area contributed by atoms with E-state index in [1.54, 1.807) is 4.68 Å². The van der Waals surface area contributed by atoms with Crippen molar-refractivity contribution in [3.8, 4) is 0 Å². The number of likely N-dealkylation sites (N-methyl/N-ethyl adjacent to an activating group) is 1. The van der Waals surface area contributed by atoms with Crippen LogP contribution in [-0.4, -0.2) is 58.7 Å². The minimum atomic E-state index is -0.336. The van der Waals surface area contributed by atoms with Crippen molar-refractivity contribution < 1.29 is 9.59 Å². The second-order valence-corrected chi connectivity index (χ2v) is 5.62. The average Bonchev–Trinajstić information content (AvgIpc) is 2.91. The number of carbonyl (C=O) groups is 2. The van der Waals surface area contributed by atoms with Gasteiger partial charge in [0.05, 0.1) is 18.7 Å². The molecule has 0 radical (unpaired) electrons. The number of amides is 2. The molecule has 1 aromatic rings. The normalized spacial score (nSPS) is 19.0. The summed E-state index contributed by atoms with van der Waals surface area (Å²) in [5, 5.41) is 9.84. The van der Waals surface area contributed by atoms with Crippen molar-refractivity contribution in [3.05, 3.63) is 18.0 Å². The van der Waals surface area contributed by atoms with Crippen LogP contribution in [0.25, 0.3) is 0 Å². The Labute approximate surface area is 131 Å². The summed E-state index contributed by atoms with van der Waals surface area (Å²) < 4.78 is 1.77. The van der Waals surface area contributed by atoms with E-state index in [-0.39, 0.29) is 24.3 Å². The summed E-state index contributed by atoms with van der Waals surface area (Å²) in [6, 6.07) is -0.336. The first-order chi connectivity index (χ1) is 10.6. The van der Waals surface area contributed by atoms with Gasteiger partial charge in [0.2, 0.25) is 11.8 Å². The highest BCUT2D eigenvalue weighted by Gasteiger charge is 2.30. The zero-order valence-corrected chi connectivity index (χ0v) is 13.3. The summed E-state index contributed by atoms with van der Waals surface area (Å²) in [7, 11) is 1.89. The highest BCUT2D eigenvalue weighted by Crippen LogP contribution is 2.08. The third-order valence-electron chi connectivity index (χ3n) is 3.95. The molecule has 1 saturated heterocycles. The maximum absolute atomic E-state index is 12.0. The van der Waals surface area contributed by atoms with Gasteiger partial charge in [0.1, 0.15) is 0 Å². The smallest absolute Gasteiger partial charge is 0.237 e. The number of piperazine rings is 1. The Morgan fingerprint density at radius 1 is 1.55 bits per heavy atom. The van der Waals surface area contributed by atoms with Crippen LogP contribution in [0.5, 0.6) is 0 Å². The lowest BCUT2D eigenvalue weighted by Crippen LogP contribution is -2.56. The second kappa shape index (κ2) is 7.93. The van der Waals surface area contributed by atoms with Crippen LogP contribution < -0.4 is 10.6 Å². The molecule has 2 heterocycles. The van der Waals surface area contributed by atoms with Crippen LogP contribution in [0.3, 0.4) is 0 Å². The maximum atomic E-state index is 12.0. The van der Waals surface area contributed by atoms with Gasteiger partial charge in [-0.15, -0.1) is 0 Å². The van der Waals surface area contributed by atoms with Crippen molar-refractivity contribution in [1.29, 1.82) is 0 Å². The van der Waals surface area contributed by atoms with E-state index in [4.69, 9.17) is 0 Å². The highest BCUT2D eigenvalue weighted by atomic mass is 16.2. The van der Waals surface area contributed by atoms with Crippen molar-refractivity contribution in [3.63, 3.8) is 0 Å². The van der Waals surface area contributed by atoms with E-state index < -0.39 is 0 Å². The summed E-state index contributed by atoms with van der Waals surface area (Å²) in [5.74, 6) is -0.106. The Bertz CT molecular complexity index is 514. The Balaban J connectivity index is 1.69. The molecule has 122 valence electrons. The molecule has 1 aliphatic heterocycles. The topological polar surface area (TPSA) is 79.3 Å². The molecule has 0 unspecified atom stereocenters. The van der Waals surface area contributed by atoms with Gasteiger partial charge in [0.25, 0.3) is 0 Å². The van der Waals surface area contributed by atoms with E-state index in [0.717, 1.165) is 25.9 Å². The summed E-state index contributed by atoms with van der Waals surface area (Å²) in [5.41, 5.74) is 1.17. The van der Waals surface area contributed by atoms with Gasteiger partial charge in [-0.05, 0) is 24.9 Å².